The maximum Gasteiger partial charge on any atom is 0.235 e. The third-order valence-electron chi connectivity index (χ3n) is 4.77. The Labute approximate surface area is 141 Å². The first-order chi connectivity index (χ1) is 11.7. The minimum Gasteiger partial charge on any atom is -0.496 e. The van der Waals surface area contributed by atoms with E-state index in [4.69, 9.17) is 9.47 Å². The fourth-order valence-corrected chi connectivity index (χ4v) is 3.06. The van der Waals surface area contributed by atoms with E-state index in [0.29, 0.717) is 25.9 Å². The number of methoxy groups -OCH3 is 1. The number of amides is 2. The quantitative estimate of drug-likeness (QED) is 0.740. The Morgan fingerprint density at radius 3 is 2.67 bits per heavy atom. The molecule has 1 atom stereocenters. The van der Waals surface area contributed by atoms with E-state index in [1.165, 1.54) is 0 Å². The highest BCUT2D eigenvalue weighted by Crippen LogP contribution is 2.46. The molecule has 1 saturated carbocycles. The Morgan fingerprint density at radius 1 is 1.25 bits per heavy atom. The Hall–Kier alpha value is -2.08. The van der Waals surface area contributed by atoms with Gasteiger partial charge in [0.1, 0.15) is 11.2 Å². The summed E-state index contributed by atoms with van der Waals surface area (Å²) in [5.41, 5.74) is -0.00965. The maximum atomic E-state index is 12.5. The number of hydrogen-bond donors (Lipinski definition) is 2. The van der Waals surface area contributed by atoms with Gasteiger partial charge in [-0.1, -0.05) is 18.2 Å². The van der Waals surface area contributed by atoms with Crippen molar-refractivity contribution in [2.75, 3.05) is 20.3 Å². The van der Waals surface area contributed by atoms with Crippen LogP contribution in [0.5, 0.6) is 5.75 Å². The third kappa shape index (κ3) is 3.53. The van der Waals surface area contributed by atoms with Crippen molar-refractivity contribution in [2.45, 2.75) is 38.3 Å². The smallest absolute Gasteiger partial charge is 0.235 e. The van der Waals surface area contributed by atoms with Crippen molar-refractivity contribution in [3.8, 4) is 5.75 Å². The monoisotopic (exact) mass is 332 g/mol. The van der Waals surface area contributed by atoms with E-state index in [1.54, 1.807) is 7.11 Å². The highest BCUT2D eigenvalue weighted by Gasteiger charge is 2.56. The maximum absolute atomic E-state index is 12.5. The lowest BCUT2D eigenvalue weighted by Gasteiger charge is -2.17. The van der Waals surface area contributed by atoms with Gasteiger partial charge in [-0.25, -0.2) is 0 Å². The van der Waals surface area contributed by atoms with Crippen LogP contribution in [0, 0.1) is 5.41 Å². The third-order valence-corrected chi connectivity index (χ3v) is 4.77. The molecule has 2 amide bonds. The standard InChI is InChI=1S/C18H24N2O4/c1-23-15-7-3-2-5-13(15)11-19-16(21)18(8-9-18)17(22)20-12-14-6-4-10-24-14/h2-3,5,7,14H,4,6,8-12H2,1H3,(H,19,21)(H,20,22). The lowest BCUT2D eigenvalue weighted by molar-refractivity contribution is -0.137. The molecule has 0 radical (unpaired) electrons. The van der Waals surface area contributed by atoms with E-state index in [0.717, 1.165) is 30.8 Å². The number of para-hydroxylation sites is 1. The first-order valence-electron chi connectivity index (χ1n) is 8.46. The van der Waals surface area contributed by atoms with Crippen molar-refractivity contribution in [1.82, 2.24) is 10.6 Å². The second-order valence-electron chi connectivity index (χ2n) is 6.42. The van der Waals surface area contributed by atoms with Gasteiger partial charge in [-0.2, -0.15) is 0 Å². The second-order valence-corrected chi connectivity index (χ2v) is 6.42. The molecule has 1 aromatic carbocycles. The number of rotatable bonds is 7. The van der Waals surface area contributed by atoms with Crippen LogP contribution in [-0.4, -0.2) is 38.2 Å². The minimum absolute atomic E-state index is 0.0846. The SMILES string of the molecule is COc1ccccc1CNC(=O)C1(C(=O)NCC2CCCO2)CC1. The number of ether oxygens (including phenoxy) is 2. The zero-order valence-electron chi connectivity index (χ0n) is 14.0. The number of benzene rings is 1. The van der Waals surface area contributed by atoms with E-state index < -0.39 is 5.41 Å². The number of carbonyl (C=O) groups is 2. The fourth-order valence-electron chi connectivity index (χ4n) is 3.06. The summed E-state index contributed by atoms with van der Waals surface area (Å²) >= 11 is 0. The van der Waals surface area contributed by atoms with Gasteiger partial charge < -0.3 is 20.1 Å². The molecule has 0 aromatic heterocycles. The molecule has 24 heavy (non-hydrogen) atoms. The van der Waals surface area contributed by atoms with Crippen molar-refractivity contribution in [3.63, 3.8) is 0 Å². The number of hydrogen-bond acceptors (Lipinski definition) is 4. The molecular weight excluding hydrogens is 308 g/mol. The Bertz CT molecular complexity index is 607. The van der Waals surface area contributed by atoms with E-state index in [9.17, 15) is 9.59 Å². The molecule has 0 bridgehead atoms. The van der Waals surface area contributed by atoms with Crippen LogP contribution in [0.1, 0.15) is 31.2 Å². The molecule has 1 aromatic rings. The second kappa shape index (κ2) is 7.21. The molecule has 1 saturated heterocycles. The van der Waals surface area contributed by atoms with E-state index in [1.807, 2.05) is 24.3 Å². The molecule has 6 nitrogen and oxygen atoms in total. The van der Waals surface area contributed by atoms with Crippen LogP contribution >= 0.6 is 0 Å². The summed E-state index contributed by atoms with van der Waals surface area (Å²) in [6.07, 6.45) is 3.28. The summed E-state index contributed by atoms with van der Waals surface area (Å²) in [4.78, 5) is 24.9. The molecule has 1 heterocycles. The number of carbonyl (C=O) groups excluding carboxylic acids is 2. The molecule has 2 aliphatic rings. The van der Waals surface area contributed by atoms with Crippen molar-refractivity contribution in [2.24, 2.45) is 5.41 Å². The predicted molar refractivity (Wildman–Crippen MR) is 88.5 cm³/mol. The Morgan fingerprint density at radius 2 is 2.00 bits per heavy atom. The Balaban J connectivity index is 1.52. The van der Waals surface area contributed by atoms with Crippen LogP contribution < -0.4 is 15.4 Å². The summed E-state index contributed by atoms with van der Waals surface area (Å²) in [5, 5.41) is 5.75. The van der Waals surface area contributed by atoms with Crippen molar-refractivity contribution < 1.29 is 19.1 Å². The molecule has 1 unspecified atom stereocenters. The van der Waals surface area contributed by atoms with E-state index >= 15 is 0 Å². The summed E-state index contributed by atoms with van der Waals surface area (Å²) in [7, 11) is 1.60. The van der Waals surface area contributed by atoms with Crippen molar-refractivity contribution >= 4 is 11.8 Å². The largest absolute Gasteiger partial charge is 0.496 e. The lowest BCUT2D eigenvalue weighted by atomic mass is 10.0. The summed E-state index contributed by atoms with van der Waals surface area (Å²) < 4.78 is 10.8. The van der Waals surface area contributed by atoms with Crippen LogP contribution in [0.25, 0.3) is 0 Å². The molecular formula is C18H24N2O4. The Kier molecular flexibility index (Phi) is 5.04. The normalized spacial score (nSPS) is 21.1. The average molecular weight is 332 g/mol. The molecule has 1 aliphatic heterocycles. The van der Waals surface area contributed by atoms with Crippen LogP contribution in [0.4, 0.5) is 0 Å². The highest BCUT2D eigenvalue weighted by atomic mass is 16.5. The van der Waals surface area contributed by atoms with Gasteiger partial charge in [-0.05, 0) is 31.7 Å². The lowest BCUT2D eigenvalue weighted by Crippen LogP contribution is -2.44. The van der Waals surface area contributed by atoms with E-state index in [2.05, 4.69) is 10.6 Å². The zero-order chi connectivity index (χ0) is 17.0. The molecule has 6 heteroatoms. The van der Waals surface area contributed by atoms with Crippen molar-refractivity contribution in [1.29, 1.82) is 0 Å². The molecule has 2 N–H and O–H groups in total. The van der Waals surface area contributed by atoms with Crippen molar-refractivity contribution in [3.05, 3.63) is 29.8 Å². The van der Waals surface area contributed by atoms with E-state index in [-0.39, 0.29) is 17.9 Å². The minimum atomic E-state index is -0.902. The van der Waals surface area contributed by atoms with Gasteiger partial charge in [-0.3, -0.25) is 9.59 Å². The van der Waals surface area contributed by atoms with Crippen LogP contribution in [-0.2, 0) is 20.9 Å². The number of nitrogens with one attached hydrogen (secondary N) is 2. The van der Waals surface area contributed by atoms with Gasteiger partial charge in [-0.15, -0.1) is 0 Å². The van der Waals surface area contributed by atoms with Gasteiger partial charge in [0.25, 0.3) is 0 Å². The van der Waals surface area contributed by atoms with Gasteiger partial charge in [0, 0.05) is 25.3 Å². The highest BCUT2D eigenvalue weighted by molar-refractivity contribution is 6.07. The van der Waals surface area contributed by atoms with Gasteiger partial charge in [0.05, 0.1) is 13.2 Å². The summed E-state index contributed by atoms with van der Waals surface area (Å²) in [6, 6.07) is 7.52. The molecule has 3 rings (SSSR count). The van der Waals surface area contributed by atoms with Gasteiger partial charge in [0.15, 0.2) is 0 Å². The predicted octanol–water partition coefficient (Wildman–Crippen LogP) is 1.39. The van der Waals surface area contributed by atoms with Crippen LogP contribution in [0.2, 0.25) is 0 Å². The van der Waals surface area contributed by atoms with Crippen LogP contribution in [0.3, 0.4) is 0 Å². The zero-order valence-corrected chi connectivity index (χ0v) is 14.0. The topological polar surface area (TPSA) is 76.7 Å². The molecule has 0 spiro atoms. The van der Waals surface area contributed by atoms with Gasteiger partial charge >= 0.3 is 0 Å². The summed E-state index contributed by atoms with van der Waals surface area (Å²) in [5.74, 6) is 0.333. The average Bonchev–Trinajstić information content (AvgIpc) is 3.27. The first-order valence-corrected chi connectivity index (χ1v) is 8.46. The summed E-state index contributed by atoms with van der Waals surface area (Å²) in [6.45, 7) is 1.59. The van der Waals surface area contributed by atoms with Crippen LogP contribution in [0.15, 0.2) is 24.3 Å². The molecule has 130 valence electrons. The molecule has 2 fully saturated rings. The van der Waals surface area contributed by atoms with Gasteiger partial charge in [0.2, 0.25) is 11.8 Å². The molecule has 1 aliphatic carbocycles. The fraction of sp³-hybridized carbons (Fsp3) is 0.556. The first kappa shape index (κ1) is 16.8.